The summed E-state index contributed by atoms with van der Waals surface area (Å²) in [5.74, 6) is -0.129. The van der Waals surface area contributed by atoms with Gasteiger partial charge in [-0.1, -0.05) is 0 Å². The Bertz CT molecular complexity index is 452. The molecule has 2 heterocycles. The number of amides is 1. The molecule has 0 bridgehead atoms. The maximum atomic E-state index is 12.0. The highest BCUT2D eigenvalue weighted by molar-refractivity contribution is 7.99. The number of hydrogen-bond acceptors (Lipinski definition) is 5. The molecule has 1 amide bonds. The molecule has 1 aromatic rings. The first-order valence-electron chi connectivity index (χ1n) is 5.10. The van der Waals surface area contributed by atoms with E-state index in [4.69, 9.17) is 0 Å². The first-order chi connectivity index (χ1) is 8.05. The summed E-state index contributed by atoms with van der Waals surface area (Å²) in [4.78, 5) is 23.2. The lowest BCUT2D eigenvalue weighted by atomic mass is 9.98. The Kier molecular flexibility index (Phi) is 3.39. The van der Waals surface area contributed by atoms with Crippen LogP contribution >= 0.6 is 23.3 Å². The van der Waals surface area contributed by atoms with Gasteiger partial charge >= 0.3 is 5.97 Å². The van der Waals surface area contributed by atoms with Crippen LogP contribution in [0.1, 0.15) is 22.5 Å². The smallest absolute Gasteiger partial charge is 0.330 e. The summed E-state index contributed by atoms with van der Waals surface area (Å²) >= 11 is 2.74. The van der Waals surface area contributed by atoms with Crippen LogP contribution in [0.3, 0.4) is 0 Å². The predicted molar refractivity (Wildman–Crippen MR) is 66.6 cm³/mol. The summed E-state index contributed by atoms with van der Waals surface area (Å²) in [5, 5.41) is 13.5. The number of thioether (sulfide) groups is 1. The van der Waals surface area contributed by atoms with Crippen LogP contribution in [-0.2, 0) is 4.79 Å². The number of hydrogen-bond donors (Lipinski definition) is 2. The van der Waals surface area contributed by atoms with E-state index < -0.39 is 11.5 Å². The highest BCUT2D eigenvalue weighted by Gasteiger charge is 2.43. The Labute approximate surface area is 107 Å². The molecule has 2 N–H and O–H groups in total. The number of aliphatic carboxylic acids is 1. The third-order valence-electron chi connectivity index (χ3n) is 2.78. The van der Waals surface area contributed by atoms with E-state index in [-0.39, 0.29) is 5.91 Å². The first kappa shape index (κ1) is 12.4. The van der Waals surface area contributed by atoms with E-state index in [0.717, 1.165) is 5.75 Å². The van der Waals surface area contributed by atoms with E-state index in [9.17, 15) is 14.7 Å². The zero-order valence-electron chi connectivity index (χ0n) is 9.23. The van der Waals surface area contributed by atoms with E-state index in [2.05, 4.69) is 9.69 Å². The van der Waals surface area contributed by atoms with Crippen LogP contribution in [0, 0.1) is 6.92 Å². The van der Waals surface area contributed by atoms with Crippen molar-refractivity contribution in [1.82, 2.24) is 9.69 Å². The summed E-state index contributed by atoms with van der Waals surface area (Å²) < 4.78 is 4.01. The van der Waals surface area contributed by atoms with Crippen molar-refractivity contribution in [3.05, 3.63) is 16.6 Å². The van der Waals surface area contributed by atoms with Gasteiger partial charge in [0.1, 0.15) is 5.54 Å². The second-order valence-electron chi connectivity index (χ2n) is 3.96. The van der Waals surface area contributed by atoms with E-state index in [0.29, 0.717) is 23.4 Å². The largest absolute Gasteiger partial charge is 0.479 e. The van der Waals surface area contributed by atoms with Gasteiger partial charge in [0.05, 0.1) is 11.3 Å². The average molecular weight is 272 g/mol. The molecule has 1 aliphatic rings. The van der Waals surface area contributed by atoms with Crippen molar-refractivity contribution < 1.29 is 14.7 Å². The zero-order chi connectivity index (χ0) is 12.5. The third kappa shape index (κ3) is 2.30. The molecule has 17 heavy (non-hydrogen) atoms. The van der Waals surface area contributed by atoms with Gasteiger partial charge < -0.3 is 10.4 Å². The minimum Gasteiger partial charge on any atom is -0.479 e. The molecule has 0 aromatic carbocycles. The second-order valence-corrected chi connectivity index (χ2v) is 5.69. The molecular weight excluding hydrogens is 260 g/mol. The summed E-state index contributed by atoms with van der Waals surface area (Å²) in [7, 11) is 0. The van der Waals surface area contributed by atoms with E-state index in [1.54, 1.807) is 24.1 Å². The molecule has 1 fully saturated rings. The normalized spacial score (nSPS) is 23.6. The van der Waals surface area contributed by atoms with Gasteiger partial charge in [0.25, 0.3) is 5.91 Å². The van der Waals surface area contributed by atoms with E-state index in [1.165, 1.54) is 11.5 Å². The molecule has 1 aromatic heterocycles. The third-order valence-corrected chi connectivity index (χ3v) is 4.69. The molecule has 2 rings (SSSR count). The van der Waals surface area contributed by atoms with Gasteiger partial charge in [-0.05, 0) is 30.6 Å². The maximum Gasteiger partial charge on any atom is 0.330 e. The summed E-state index contributed by atoms with van der Waals surface area (Å²) in [6.07, 6.45) is 0.468. The summed E-state index contributed by atoms with van der Waals surface area (Å²) in [6, 6.07) is 0. The minimum atomic E-state index is -1.11. The predicted octanol–water partition coefficient (Wildman–Crippen LogP) is 1.14. The standard InChI is InChI=1S/C10H12N2O3S2/c1-6-7(4-17-12-6)8(13)11-10(9(14)15)2-3-16-5-10/h4H,2-3,5H2,1H3,(H,11,13)(H,14,15). The van der Waals surface area contributed by atoms with Gasteiger partial charge in [0.15, 0.2) is 0 Å². The highest BCUT2D eigenvalue weighted by atomic mass is 32.2. The van der Waals surface area contributed by atoms with Gasteiger partial charge in [0, 0.05) is 11.1 Å². The molecule has 5 nitrogen and oxygen atoms in total. The van der Waals surface area contributed by atoms with Gasteiger partial charge in [0.2, 0.25) is 0 Å². The van der Waals surface area contributed by atoms with Crippen molar-refractivity contribution in [3.8, 4) is 0 Å². The molecule has 92 valence electrons. The van der Waals surface area contributed by atoms with Crippen LogP contribution in [0.4, 0.5) is 0 Å². The van der Waals surface area contributed by atoms with Crippen LogP contribution in [0.2, 0.25) is 0 Å². The number of nitrogens with one attached hydrogen (secondary N) is 1. The van der Waals surface area contributed by atoms with Crippen molar-refractivity contribution in [3.63, 3.8) is 0 Å². The van der Waals surface area contributed by atoms with Crippen LogP contribution in [0.5, 0.6) is 0 Å². The lowest BCUT2D eigenvalue weighted by Gasteiger charge is -2.24. The molecule has 0 aliphatic carbocycles. The van der Waals surface area contributed by atoms with Gasteiger partial charge in [-0.2, -0.15) is 16.1 Å². The molecule has 1 aliphatic heterocycles. The highest BCUT2D eigenvalue weighted by Crippen LogP contribution is 2.28. The minimum absolute atomic E-state index is 0.346. The molecule has 0 spiro atoms. The monoisotopic (exact) mass is 272 g/mol. The van der Waals surface area contributed by atoms with Crippen molar-refractivity contribution in [1.29, 1.82) is 0 Å². The van der Waals surface area contributed by atoms with Crippen molar-refractivity contribution in [2.24, 2.45) is 0 Å². The first-order valence-corrected chi connectivity index (χ1v) is 7.09. The molecule has 1 unspecified atom stereocenters. The number of aryl methyl sites for hydroxylation is 1. The topological polar surface area (TPSA) is 79.3 Å². The summed E-state index contributed by atoms with van der Waals surface area (Å²) in [6.45, 7) is 1.74. The van der Waals surface area contributed by atoms with Crippen LogP contribution in [0.25, 0.3) is 0 Å². The SMILES string of the molecule is Cc1nscc1C(=O)NC1(C(=O)O)CCSC1. The van der Waals surface area contributed by atoms with Crippen molar-refractivity contribution >= 4 is 35.2 Å². The van der Waals surface area contributed by atoms with Crippen LogP contribution in [0.15, 0.2) is 5.38 Å². The molecular formula is C10H12N2O3S2. The van der Waals surface area contributed by atoms with E-state index in [1.807, 2.05) is 0 Å². The Hall–Kier alpha value is -1.08. The average Bonchev–Trinajstić information content (AvgIpc) is 2.87. The number of carboxylic acids is 1. The number of aromatic nitrogens is 1. The number of carbonyl (C=O) groups excluding carboxylic acids is 1. The maximum absolute atomic E-state index is 12.0. The second kappa shape index (κ2) is 4.66. The fraction of sp³-hybridized carbons (Fsp3) is 0.500. The van der Waals surface area contributed by atoms with Gasteiger partial charge in [-0.15, -0.1) is 0 Å². The van der Waals surface area contributed by atoms with Gasteiger partial charge in [-0.3, -0.25) is 4.79 Å². The van der Waals surface area contributed by atoms with Gasteiger partial charge in [-0.25, -0.2) is 4.79 Å². The lowest BCUT2D eigenvalue weighted by molar-refractivity contribution is -0.143. The number of carboxylic acid groups (broad SMARTS) is 1. The van der Waals surface area contributed by atoms with Crippen molar-refractivity contribution in [2.75, 3.05) is 11.5 Å². The fourth-order valence-corrected chi connectivity index (χ4v) is 3.70. The number of nitrogens with zero attached hydrogens (tertiary/aromatic N) is 1. The number of carbonyl (C=O) groups is 2. The Morgan fingerprint density at radius 1 is 1.59 bits per heavy atom. The number of rotatable bonds is 3. The quantitative estimate of drug-likeness (QED) is 0.862. The summed E-state index contributed by atoms with van der Waals surface area (Å²) in [5.41, 5.74) is -0.0120. The zero-order valence-corrected chi connectivity index (χ0v) is 10.9. The van der Waals surface area contributed by atoms with Crippen molar-refractivity contribution in [2.45, 2.75) is 18.9 Å². The molecule has 1 atom stereocenters. The van der Waals surface area contributed by atoms with E-state index >= 15 is 0 Å². The van der Waals surface area contributed by atoms with Crippen LogP contribution < -0.4 is 5.32 Å². The lowest BCUT2D eigenvalue weighted by Crippen LogP contribution is -2.54. The fourth-order valence-electron chi connectivity index (χ4n) is 1.68. The molecule has 0 saturated carbocycles. The van der Waals surface area contributed by atoms with Crippen LogP contribution in [-0.4, -0.2) is 38.4 Å². The Morgan fingerprint density at radius 3 is 2.82 bits per heavy atom. The molecule has 7 heteroatoms. The Morgan fingerprint density at radius 2 is 2.35 bits per heavy atom. The molecule has 1 saturated heterocycles. The Balaban J connectivity index is 2.17. The molecule has 0 radical (unpaired) electrons.